The minimum atomic E-state index is -0.0421. The highest BCUT2D eigenvalue weighted by atomic mass is 16.5. The largest absolute Gasteiger partial charge is 0.462 e. The molecule has 1 fully saturated rings. The van der Waals surface area contributed by atoms with Gasteiger partial charge in [-0.05, 0) is 37.0 Å². The summed E-state index contributed by atoms with van der Waals surface area (Å²) in [5, 5.41) is 0. The molecular weight excluding hydrogens is 200 g/mol. The molecule has 16 heavy (non-hydrogen) atoms. The minimum Gasteiger partial charge on any atom is -0.462 e. The van der Waals surface area contributed by atoms with E-state index < -0.39 is 0 Å². The molecular formula is C14H26O2. The molecule has 0 radical (unpaired) electrons. The van der Waals surface area contributed by atoms with E-state index in [1.165, 1.54) is 12.8 Å². The first kappa shape index (κ1) is 13.5. The molecule has 2 nitrogen and oxygen atoms in total. The van der Waals surface area contributed by atoms with Gasteiger partial charge < -0.3 is 4.74 Å². The Morgan fingerprint density at radius 2 is 1.88 bits per heavy atom. The Bertz CT molecular complexity index is 238. The van der Waals surface area contributed by atoms with E-state index in [-0.39, 0.29) is 18.0 Å². The molecule has 0 spiro atoms. The molecule has 0 aromatic rings. The monoisotopic (exact) mass is 226 g/mol. The zero-order valence-electron chi connectivity index (χ0n) is 11.4. The number of rotatable bonds is 2. The molecule has 0 N–H and O–H groups in total. The maximum Gasteiger partial charge on any atom is 0.308 e. The lowest BCUT2D eigenvalue weighted by molar-refractivity contribution is -0.155. The van der Waals surface area contributed by atoms with Gasteiger partial charge in [-0.25, -0.2) is 0 Å². The Morgan fingerprint density at radius 1 is 1.25 bits per heavy atom. The van der Waals surface area contributed by atoms with E-state index in [9.17, 15) is 4.79 Å². The Balaban J connectivity index is 2.48. The van der Waals surface area contributed by atoms with Crippen LogP contribution in [0.4, 0.5) is 0 Å². The van der Waals surface area contributed by atoms with Gasteiger partial charge in [0, 0.05) is 0 Å². The van der Waals surface area contributed by atoms with Gasteiger partial charge in [0.25, 0.3) is 0 Å². The van der Waals surface area contributed by atoms with Gasteiger partial charge >= 0.3 is 5.97 Å². The minimum absolute atomic E-state index is 0.00462. The van der Waals surface area contributed by atoms with Gasteiger partial charge in [-0.2, -0.15) is 0 Å². The van der Waals surface area contributed by atoms with Crippen LogP contribution in [0.5, 0.6) is 0 Å². The maximum absolute atomic E-state index is 11.5. The van der Waals surface area contributed by atoms with E-state index in [0.717, 1.165) is 12.8 Å². The van der Waals surface area contributed by atoms with Crippen molar-refractivity contribution in [3.8, 4) is 0 Å². The first-order chi connectivity index (χ1) is 7.30. The van der Waals surface area contributed by atoms with Crippen LogP contribution in [-0.4, -0.2) is 12.1 Å². The summed E-state index contributed by atoms with van der Waals surface area (Å²) in [6, 6.07) is 0. The lowest BCUT2D eigenvalue weighted by Crippen LogP contribution is -2.32. The summed E-state index contributed by atoms with van der Waals surface area (Å²) in [6.45, 7) is 10.6. The SMILES string of the molecule is CC(C)C(=O)O[C@@H]1CCC[C@H](C(C)(C)C)C1. The second-order valence-corrected chi connectivity index (χ2v) is 6.44. The smallest absolute Gasteiger partial charge is 0.308 e. The molecule has 0 heterocycles. The second kappa shape index (κ2) is 5.20. The van der Waals surface area contributed by atoms with Crippen LogP contribution in [0.1, 0.15) is 60.3 Å². The molecule has 0 unspecified atom stereocenters. The third-order valence-electron chi connectivity index (χ3n) is 3.61. The molecule has 1 aliphatic carbocycles. The van der Waals surface area contributed by atoms with Gasteiger partial charge in [-0.1, -0.05) is 34.6 Å². The molecule has 0 aromatic carbocycles. The van der Waals surface area contributed by atoms with E-state index in [1.807, 2.05) is 13.8 Å². The van der Waals surface area contributed by atoms with Crippen molar-refractivity contribution in [1.29, 1.82) is 0 Å². The van der Waals surface area contributed by atoms with E-state index in [1.54, 1.807) is 0 Å². The molecule has 1 rings (SSSR count). The number of ether oxygens (including phenoxy) is 1. The lowest BCUT2D eigenvalue weighted by atomic mass is 9.71. The summed E-state index contributed by atoms with van der Waals surface area (Å²) in [6.07, 6.45) is 4.72. The molecule has 0 saturated heterocycles. The van der Waals surface area contributed by atoms with Crippen LogP contribution in [0.15, 0.2) is 0 Å². The molecule has 0 amide bonds. The third kappa shape index (κ3) is 3.80. The number of hydrogen-bond donors (Lipinski definition) is 0. The van der Waals surface area contributed by atoms with Crippen LogP contribution in [0.3, 0.4) is 0 Å². The Kier molecular flexibility index (Phi) is 4.40. The van der Waals surface area contributed by atoms with Crippen molar-refractivity contribution in [2.75, 3.05) is 0 Å². The van der Waals surface area contributed by atoms with E-state index >= 15 is 0 Å². The van der Waals surface area contributed by atoms with Crippen molar-refractivity contribution in [3.05, 3.63) is 0 Å². The molecule has 0 bridgehead atoms. The van der Waals surface area contributed by atoms with Crippen LogP contribution in [-0.2, 0) is 9.53 Å². The van der Waals surface area contributed by atoms with Crippen molar-refractivity contribution >= 4 is 5.97 Å². The highest BCUT2D eigenvalue weighted by Gasteiger charge is 2.32. The summed E-state index contributed by atoms with van der Waals surface area (Å²) in [5.41, 5.74) is 0.336. The van der Waals surface area contributed by atoms with Gasteiger partial charge in [0.2, 0.25) is 0 Å². The molecule has 94 valence electrons. The van der Waals surface area contributed by atoms with Crippen LogP contribution in [0.2, 0.25) is 0 Å². The quantitative estimate of drug-likeness (QED) is 0.670. The zero-order chi connectivity index (χ0) is 12.3. The Hall–Kier alpha value is -0.530. The molecule has 1 aliphatic rings. The summed E-state index contributed by atoms with van der Waals surface area (Å²) in [5.74, 6) is 0.640. The van der Waals surface area contributed by atoms with Crippen LogP contribution in [0, 0.1) is 17.3 Å². The van der Waals surface area contributed by atoms with Crippen molar-refractivity contribution < 1.29 is 9.53 Å². The van der Waals surface area contributed by atoms with Crippen molar-refractivity contribution in [1.82, 2.24) is 0 Å². The van der Waals surface area contributed by atoms with Crippen molar-refractivity contribution in [2.24, 2.45) is 17.3 Å². The standard InChI is InChI=1S/C14H26O2/c1-10(2)13(15)16-12-8-6-7-11(9-12)14(3,4)5/h10-12H,6-9H2,1-5H3/t11-,12+/m0/s1. The Morgan fingerprint density at radius 3 is 2.38 bits per heavy atom. The van der Waals surface area contributed by atoms with E-state index in [2.05, 4.69) is 20.8 Å². The van der Waals surface area contributed by atoms with Gasteiger partial charge in [-0.15, -0.1) is 0 Å². The summed E-state index contributed by atoms with van der Waals surface area (Å²) >= 11 is 0. The normalized spacial score (nSPS) is 26.9. The fraction of sp³-hybridized carbons (Fsp3) is 0.929. The van der Waals surface area contributed by atoms with Gasteiger partial charge in [-0.3, -0.25) is 4.79 Å². The van der Waals surface area contributed by atoms with Crippen LogP contribution >= 0.6 is 0 Å². The lowest BCUT2D eigenvalue weighted by Gasteiger charge is -2.37. The summed E-state index contributed by atoms with van der Waals surface area (Å²) in [4.78, 5) is 11.5. The number of esters is 1. The average molecular weight is 226 g/mol. The van der Waals surface area contributed by atoms with Gasteiger partial charge in [0.15, 0.2) is 0 Å². The zero-order valence-corrected chi connectivity index (χ0v) is 11.4. The van der Waals surface area contributed by atoms with E-state index in [4.69, 9.17) is 4.74 Å². The van der Waals surface area contributed by atoms with Gasteiger partial charge in [0.1, 0.15) is 6.10 Å². The summed E-state index contributed by atoms with van der Waals surface area (Å²) < 4.78 is 5.54. The predicted octanol–water partition coefficient (Wildman–Crippen LogP) is 3.79. The molecule has 1 saturated carbocycles. The fourth-order valence-corrected chi connectivity index (χ4v) is 2.34. The predicted molar refractivity (Wildman–Crippen MR) is 66.1 cm³/mol. The number of carbonyl (C=O) groups is 1. The van der Waals surface area contributed by atoms with Crippen molar-refractivity contribution in [2.45, 2.75) is 66.4 Å². The number of carbonyl (C=O) groups excluding carboxylic acids is 1. The highest BCUT2D eigenvalue weighted by molar-refractivity contribution is 5.71. The average Bonchev–Trinajstić information content (AvgIpc) is 2.16. The highest BCUT2D eigenvalue weighted by Crippen LogP contribution is 2.38. The number of hydrogen-bond acceptors (Lipinski definition) is 2. The molecule has 0 aliphatic heterocycles. The van der Waals surface area contributed by atoms with Crippen LogP contribution in [0.25, 0.3) is 0 Å². The summed E-state index contributed by atoms with van der Waals surface area (Å²) in [7, 11) is 0. The third-order valence-corrected chi connectivity index (χ3v) is 3.61. The van der Waals surface area contributed by atoms with Crippen molar-refractivity contribution in [3.63, 3.8) is 0 Å². The topological polar surface area (TPSA) is 26.3 Å². The first-order valence-corrected chi connectivity index (χ1v) is 6.51. The molecule has 0 aromatic heterocycles. The second-order valence-electron chi connectivity index (χ2n) is 6.44. The van der Waals surface area contributed by atoms with Gasteiger partial charge in [0.05, 0.1) is 5.92 Å². The van der Waals surface area contributed by atoms with Crippen LogP contribution < -0.4 is 0 Å². The van der Waals surface area contributed by atoms with E-state index in [0.29, 0.717) is 11.3 Å². The fourth-order valence-electron chi connectivity index (χ4n) is 2.34. The molecule has 2 heteroatoms. The first-order valence-electron chi connectivity index (χ1n) is 6.51. The molecule has 2 atom stereocenters. The maximum atomic E-state index is 11.5. The Labute approximate surface area is 99.8 Å².